The summed E-state index contributed by atoms with van der Waals surface area (Å²) in [4.78, 5) is 85.4. The second-order valence-electron chi connectivity index (χ2n) is 22.8. The summed E-state index contributed by atoms with van der Waals surface area (Å²) in [6, 6.07) is 6.25. The lowest BCUT2D eigenvalue weighted by Gasteiger charge is -2.34. The number of amides is 2. The normalized spacial score (nSPS) is 23.9. The molecule has 0 unspecified atom stereocenters. The number of hydrogen-bond donors (Lipinski definition) is 2. The zero-order valence-corrected chi connectivity index (χ0v) is 45.3. The van der Waals surface area contributed by atoms with Gasteiger partial charge in [-0.15, -0.1) is 6.58 Å². The van der Waals surface area contributed by atoms with Crippen molar-refractivity contribution in [3.8, 4) is 11.6 Å². The molecule has 3 aliphatic heterocycles. The third-order valence-electron chi connectivity index (χ3n) is 14.7. The molecule has 5 aliphatic rings. The molecule has 0 bridgehead atoms. The number of Topliss-reactive ketones (excluding diaryl/α,β-unsaturated/α-hetero) is 1. The number of aliphatic carboxylic acids is 1. The summed E-state index contributed by atoms with van der Waals surface area (Å²) in [5.41, 5.74) is -3.60. The van der Waals surface area contributed by atoms with Crippen molar-refractivity contribution in [1.29, 1.82) is 0 Å². The molecule has 3 saturated heterocycles. The number of hydrogen-bond acceptors (Lipinski definition) is 16. The third-order valence-corrected chi connectivity index (χ3v) is 15.7. The Kier molecular flexibility index (Phi) is 18.7. The van der Waals surface area contributed by atoms with Crippen LogP contribution < -0.4 is 14.2 Å². The van der Waals surface area contributed by atoms with Crippen molar-refractivity contribution < 1.29 is 74.9 Å². The largest absolute Gasteiger partial charge is 0.497 e. The van der Waals surface area contributed by atoms with Crippen LogP contribution in [0.3, 0.4) is 0 Å². The third kappa shape index (κ3) is 15.2. The number of likely N-dealkylation sites (tertiary alicyclic amines) is 1. The highest BCUT2D eigenvalue weighted by atomic mass is 32.2. The molecule has 6 atom stereocenters. The number of methoxy groups -OCH3 is 1. The van der Waals surface area contributed by atoms with Gasteiger partial charge in [-0.05, 0) is 140 Å². The molecule has 20 heteroatoms. The van der Waals surface area contributed by atoms with Crippen LogP contribution >= 0.6 is 0 Å². The van der Waals surface area contributed by atoms with Gasteiger partial charge >= 0.3 is 28.2 Å². The highest BCUT2D eigenvalue weighted by molar-refractivity contribution is 7.85. The molecule has 2 amide bonds. The van der Waals surface area contributed by atoms with Gasteiger partial charge in [0.25, 0.3) is 0 Å². The number of carboxylic acids is 1. The van der Waals surface area contributed by atoms with Gasteiger partial charge in [-0.25, -0.2) is 13.9 Å². The van der Waals surface area contributed by atoms with Crippen molar-refractivity contribution >= 4 is 56.6 Å². The van der Waals surface area contributed by atoms with Crippen LogP contribution in [0, 0.1) is 40.9 Å². The topological polar surface area (TPSA) is 250 Å². The fraction of sp³-hybridized carbons (Fsp3) is 0.685. The number of benzene rings is 1. The predicted octanol–water partition coefficient (Wildman–Crippen LogP) is 6.93. The van der Waals surface area contributed by atoms with Gasteiger partial charge in [-0.1, -0.05) is 19.9 Å². The lowest BCUT2D eigenvalue weighted by molar-refractivity contribution is -0.162. The molecular formula is C54H77N3O16S. The summed E-state index contributed by atoms with van der Waals surface area (Å²) in [7, 11) is -2.91. The van der Waals surface area contributed by atoms with E-state index in [1.807, 2.05) is 32.0 Å². The standard InChI is InChI=1S/C41H55N3O11S.C13H22O5/c1-8-28-22-40(28,38(48)43-56(49,50)55-41(14-15-41)25(2)3)23-34(45)33-20-30(53-36-31-10-9-29(51-7)19-27(31)11-16-42-36)24-44(33)37(47)32(26-12-17-52-18-13-26)21-35(46)54-39(4,5)6;1-13(2,3)18-11(14)8-10(12(15)16)9-4-6-17-7-5-9/h8-11,16,19,25-26,28,30,32-33H,1,12-15,17-18,20-24H2,2-7H3,(H,43,48);9-10H,4-8H2,1-3H3,(H,15,16)/t28-,30-,32+,33+,40-;10-/m10/s1. The molecule has 1 aromatic heterocycles. The first-order chi connectivity index (χ1) is 34.7. The lowest BCUT2D eigenvalue weighted by atomic mass is 9.82. The van der Waals surface area contributed by atoms with Gasteiger partial charge in [-0.3, -0.25) is 28.8 Å². The van der Waals surface area contributed by atoms with Gasteiger partial charge in [0.1, 0.15) is 23.1 Å². The molecule has 1 aromatic carbocycles. The van der Waals surface area contributed by atoms with E-state index in [4.69, 9.17) is 32.6 Å². The minimum atomic E-state index is -4.49. The molecule has 2 aromatic rings. The average molecular weight is 1060 g/mol. The number of fused-ring (bicyclic) bond motifs is 1. The van der Waals surface area contributed by atoms with Crippen molar-refractivity contribution in [2.24, 2.45) is 40.9 Å². The van der Waals surface area contributed by atoms with E-state index in [0.29, 0.717) is 82.0 Å². The molecule has 2 aliphatic carbocycles. The Hall–Kier alpha value is -5.18. The van der Waals surface area contributed by atoms with E-state index >= 15 is 0 Å². The van der Waals surface area contributed by atoms with Gasteiger partial charge in [0.2, 0.25) is 17.7 Å². The summed E-state index contributed by atoms with van der Waals surface area (Å²) < 4.78 is 67.3. The smallest absolute Gasteiger partial charge is 0.362 e. The first-order valence-corrected chi connectivity index (χ1v) is 27.2. The van der Waals surface area contributed by atoms with Crippen LogP contribution in [0.25, 0.3) is 10.8 Å². The molecule has 2 saturated carbocycles. The second kappa shape index (κ2) is 23.8. The van der Waals surface area contributed by atoms with Crippen molar-refractivity contribution in [3.63, 3.8) is 0 Å². The molecule has 2 N–H and O–H groups in total. The molecule has 4 heterocycles. The number of allylic oxidation sites excluding steroid dienone is 1. The van der Waals surface area contributed by atoms with E-state index in [-0.39, 0.29) is 56.4 Å². The first kappa shape index (κ1) is 58.1. The molecule has 0 radical (unpaired) electrons. The van der Waals surface area contributed by atoms with Crippen LogP contribution in [-0.2, 0) is 62.2 Å². The van der Waals surface area contributed by atoms with E-state index in [2.05, 4.69) is 16.3 Å². The molecule has 74 heavy (non-hydrogen) atoms. The predicted molar refractivity (Wildman–Crippen MR) is 271 cm³/mol. The number of nitrogens with zero attached hydrogens (tertiary/aromatic N) is 2. The number of aromatic nitrogens is 1. The number of carbonyl (C=O) groups is 6. The minimum Gasteiger partial charge on any atom is -0.497 e. The van der Waals surface area contributed by atoms with Crippen molar-refractivity contribution in [1.82, 2.24) is 14.6 Å². The fourth-order valence-electron chi connectivity index (χ4n) is 10.4. The number of esters is 2. The lowest BCUT2D eigenvalue weighted by Crippen LogP contribution is -2.48. The molecule has 7 rings (SSSR count). The van der Waals surface area contributed by atoms with E-state index in [1.165, 1.54) is 4.90 Å². The number of rotatable bonds is 20. The maximum Gasteiger partial charge on any atom is 0.362 e. The van der Waals surface area contributed by atoms with E-state index in [1.54, 1.807) is 67.0 Å². The number of nitrogens with one attached hydrogen (secondary N) is 1. The highest BCUT2D eigenvalue weighted by Gasteiger charge is 2.62. The Bertz CT molecular complexity index is 2480. The zero-order valence-electron chi connectivity index (χ0n) is 44.5. The van der Waals surface area contributed by atoms with E-state index in [0.717, 1.165) is 5.39 Å². The van der Waals surface area contributed by atoms with Crippen LogP contribution in [0.1, 0.15) is 126 Å². The van der Waals surface area contributed by atoms with E-state index < -0.39 is 97.9 Å². The maximum atomic E-state index is 14.8. The summed E-state index contributed by atoms with van der Waals surface area (Å²) in [6.07, 6.45) is 5.77. The number of pyridine rings is 1. The number of carboxylic acid groups (broad SMARTS) is 1. The Labute approximate surface area is 435 Å². The first-order valence-electron chi connectivity index (χ1n) is 25.8. The van der Waals surface area contributed by atoms with Crippen LogP contribution in [0.4, 0.5) is 0 Å². The Morgan fingerprint density at radius 3 is 1.96 bits per heavy atom. The van der Waals surface area contributed by atoms with Gasteiger partial charge in [-0.2, -0.15) is 8.42 Å². The summed E-state index contributed by atoms with van der Waals surface area (Å²) >= 11 is 0. The van der Waals surface area contributed by atoms with Crippen molar-refractivity contribution in [3.05, 3.63) is 43.1 Å². The summed E-state index contributed by atoms with van der Waals surface area (Å²) in [6.45, 7) is 20.2. The zero-order chi connectivity index (χ0) is 54.4. The van der Waals surface area contributed by atoms with Gasteiger partial charge < -0.3 is 38.4 Å². The highest BCUT2D eigenvalue weighted by Crippen LogP contribution is 2.57. The number of ether oxygens (including phenoxy) is 6. The Morgan fingerprint density at radius 1 is 0.892 bits per heavy atom. The summed E-state index contributed by atoms with van der Waals surface area (Å²) in [5, 5.41) is 10.8. The molecule has 19 nitrogen and oxygen atoms in total. The molecule has 0 spiro atoms. The van der Waals surface area contributed by atoms with Crippen LogP contribution in [0.15, 0.2) is 43.1 Å². The number of ketones is 1. The second-order valence-corrected chi connectivity index (χ2v) is 24.0. The van der Waals surface area contributed by atoms with Crippen LogP contribution in [0.5, 0.6) is 11.6 Å². The molecule has 410 valence electrons. The fourth-order valence-corrected chi connectivity index (χ4v) is 11.6. The van der Waals surface area contributed by atoms with Gasteiger partial charge in [0.05, 0.1) is 55.4 Å². The number of carbonyl (C=O) groups excluding carboxylic acids is 5. The molecule has 5 fully saturated rings. The maximum absolute atomic E-state index is 14.8. The van der Waals surface area contributed by atoms with Gasteiger partial charge in [0.15, 0.2) is 5.78 Å². The Morgan fingerprint density at radius 2 is 1.46 bits per heavy atom. The van der Waals surface area contributed by atoms with E-state index in [9.17, 15) is 42.3 Å². The quantitative estimate of drug-likeness (QED) is 0.101. The molecular weight excluding hydrogens is 979 g/mol. The van der Waals surface area contributed by atoms with Crippen LogP contribution in [-0.4, -0.2) is 128 Å². The minimum absolute atomic E-state index is 0.00349. The summed E-state index contributed by atoms with van der Waals surface area (Å²) in [5.74, 6) is -4.81. The van der Waals surface area contributed by atoms with Gasteiger partial charge in [0, 0.05) is 50.9 Å². The van der Waals surface area contributed by atoms with Crippen molar-refractivity contribution in [2.45, 2.75) is 155 Å². The SMILES string of the molecule is C=C[C@@H]1C[C@]1(CC(=O)[C@@H]1C[C@@H](Oc2nccc3cc(OC)ccc23)CN1C(=O)[C@@H](CC(=O)OC(C)(C)C)C1CCOCC1)C(=O)NS(=O)(=O)OC1(C(C)C)CC1.CC(C)(C)OC(=O)C[C@H](C(=O)O)C1CCOCC1. The van der Waals surface area contributed by atoms with Crippen LogP contribution in [0.2, 0.25) is 0 Å². The average Bonchev–Trinajstić information content (AvgIpc) is 4.22. The Balaban J connectivity index is 0.000000419. The monoisotopic (exact) mass is 1060 g/mol. The van der Waals surface area contributed by atoms with Crippen molar-refractivity contribution in [2.75, 3.05) is 40.1 Å².